The number of carbonyl (C=O) groups excluding carboxylic acids is 1. The van der Waals surface area contributed by atoms with Crippen LogP contribution in [0.15, 0.2) is 48.5 Å². The van der Waals surface area contributed by atoms with E-state index in [2.05, 4.69) is 22.3 Å². The second-order valence-electron chi connectivity index (χ2n) is 6.68. The minimum absolute atomic E-state index is 0.0737. The van der Waals surface area contributed by atoms with Gasteiger partial charge in [0.2, 0.25) is 0 Å². The monoisotopic (exact) mass is 371 g/mol. The number of nitrogens with zero attached hydrogens (tertiary/aromatic N) is 2. The van der Waals surface area contributed by atoms with E-state index in [1.165, 1.54) is 11.6 Å². The van der Waals surface area contributed by atoms with Crippen molar-refractivity contribution in [3.05, 3.63) is 65.5 Å². The zero-order valence-electron chi connectivity index (χ0n) is 15.7. The van der Waals surface area contributed by atoms with Crippen molar-refractivity contribution in [1.82, 2.24) is 15.1 Å². The Balaban J connectivity index is 1.39. The molecule has 1 N–H and O–H groups in total. The second kappa shape index (κ2) is 9.37. The number of methoxy groups -OCH3 is 1. The highest BCUT2D eigenvalue weighted by molar-refractivity contribution is 5.74. The lowest BCUT2D eigenvalue weighted by atomic mass is 10.1. The molecule has 0 bridgehead atoms. The minimum Gasteiger partial charge on any atom is -0.497 e. The summed E-state index contributed by atoms with van der Waals surface area (Å²) in [6, 6.07) is 14.7. The molecular formula is C21H26FN3O2. The minimum atomic E-state index is -0.223. The third-order valence-corrected chi connectivity index (χ3v) is 4.85. The number of halogens is 1. The number of piperazine rings is 1. The smallest absolute Gasteiger partial charge is 0.317 e. The standard InChI is InChI=1S/C21H26FN3O2/c1-27-19-8-6-17(7-9-19)16-24-12-14-25(15-13-24)21(26)23-11-10-18-4-2-3-5-20(18)22/h2-9H,10-16H2,1H3,(H,23,26). The van der Waals surface area contributed by atoms with Gasteiger partial charge in [0.05, 0.1) is 7.11 Å². The molecular weight excluding hydrogens is 345 g/mol. The highest BCUT2D eigenvalue weighted by Gasteiger charge is 2.20. The van der Waals surface area contributed by atoms with E-state index >= 15 is 0 Å². The van der Waals surface area contributed by atoms with E-state index in [0.717, 1.165) is 25.4 Å². The fourth-order valence-electron chi connectivity index (χ4n) is 3.22. The van der Waals surface area contributed by atoms with Gasteiger partial charge in [-0.25, -0.2) is 9.18 Å². The van der Waals surface area contributed by atoms with Crippen LogP contribution in [0.1, 0.15) is 11.1 Å². The Hall–Kier alpha value is -2.60. The molecule has 1 heterocycles. The number of hydrogen-bond acceptors (Lipinski definition) is 3. The fourth-order valence-corrected chi connectivity index (χ4v) is 3.22. The Morgan fingerprint density at radius 2 is 1.78 bits per heavy atom. The Morgan fingerprint density at radius 3 is 2.44 bits per heavy atom. The van der Waals surface area contributed by atoms with Gasteiger partial charge in [-0.3, -0.25) is 4.90 Å². The first-order valence-corrected chi connectivity index (χ1v) is 9.27. The van der Waals surface area contributed by atoms with Gasteiger partial charge in [-0.05, 0) is 35.7 Å². The average Bonchev–Trinajstić information content (AvgIpc) is 2.70. The highest BCUT2D eigenvalue weighted by Crippen LogP contribution is 2.14. The van der Waals surface area contributed by atoms with E-state index in [9.17, 15) is 9.18 Å². The van der Waals surface area contributed by atoms with Crippen LogP contribution in [0.3, 0.4) is 0 Å². The van der Waals surface area contributed by atoms with Crippen molar-refractivity contribution >= 4 is 6.03 Å². The molecule has 0 aliphatic carbocycles. The normalized spacial score (nSPS) is 14.8. The molecule has 2 aromatic carbocycles. The molecule has 0 radical (unpaired) electrons. The first-order valence-electron chi connectivity index (χ1n) is 9.27. The number of hydrogen-bond donors (Lipinski definition) is 1. The van der Waals surface area contributed by atoms with E-state index in [0.29, 0.717) is 31.6 Å². The van der Waals surface area contributed by atoms with Crippen LogP contribution in [0.5, 0.6) is 5.75 Å². The van der Waals surface area contributed by atoms with E-state index < -0.39 is 0 Å². The number of rotatable bonds is 6. The van der Waals surface area contributed by atoms with Crippen molar-refractivity contribution < 1.29 is 13.9 Å². The molecule has 2 aromatic rings. The zero-order valence-corrected chi connectivity index (χ0v) is 15.7. The summed E-state index contributed by atoms with van der Waals surface area (Å²) in [6.07, 6.45) is 0.496. The van der Waals surface area contributed by atoms with Gasteiger partial charge in [0.15, 0.2) is 0 Å². The molecule has 1 aliphatic heterocycles. The van der Waals surface area contributed by atoms with Gasteiger partial charge in [0, 0.05) is 39.3 Å². The van der Waals surface area contributed by atoms with Crippen molar-refractivity contribution in [2.75, 3.05) is 39.8 Å². The van der Waals surface area contributed by atoms with Crippen LogP contribution < -0.4 is 10.1 Å². The van der Waals surface area contributed by atoms with Gasteiger partial charge in [0.25, 0.3) is 0 Å². The molecule has 0 spiro atoms. The van der Waals surface area contributed by atoms with Gasteiger partial charge < -0.3 is 15.0 Å². The molecule has 3 rings (SSSR count). The topological polar surface area (TPSA) is 44.8 Å². The Morgan fingerprint density at radius 1 is 1.07 bits per heavy atom. The Kier molecular flexibility index (Phi) is 6.65. The predicted octanol–water partition coefficient (Wildman–Crippen LogP) is 2.90. The molecule has 0 saturated carbocycles. The van der Waals surface area contributed by atoms with Crippen molar-refractivity contribution in [1.29, 1.82) is 0 Å². The molecule has 1 fully saturated rings. The lowest BCUT2D eigenvalue weighted by molar-refractivity contribution is 0.135. The first-order chi connectivity index (χ1) is 13.2. The van der Waals surface area contributed by atoms with Crippen LogP contribution in [-0.2, 0) is 13.0 Å². The molecule has 5 nitrogen and oxygen atoms in total. The number of nitrogens with one attached hydrogen (secondary N) is 1. The summed E-state index contributed by atoms with van der Waals surface area (Å²) in [4.78, 5) is 16.5. The Labute approximate surface area is 159 Å². The molecule has 0 aromatic heterocycles. The molecule has 144 valence electrons. The first kappa shape index (κ1) is 19.2. The molecule has 0 unspecified atom stereocenters. The summed E-state index contributed by atoms with van der Waals surface area (Å²) >= 11 is 0. The number of ether oxygens (including phenoxy) is 1. The van der Waals surface area contributed by atoms with Crippen molar-refractivity contribution in [2.45, 2.75) is 13.0 Å². The maximum atomic E-state index is 13.6. The third-order valence-electron chi connectivity index (χ3n) is 4.85. The second-order valence-corrected chi connectivity index (χ2v) is 6.68. The molecule has 6 heteroatoms. The van der Waals surface area contributed by atoms with Gasteiger partial charge in [-0.1, -0.05) is 30.3 Å². The van der Waals surface area contributed by atoms with Gasteiger partial charge in [0.1, 0.15) is 11.6 Å². The van der Waals surface area contributed by atoms with Crippen LogP contribution in [0.2, 0.25) is 0 Å². The summed E-state index contributed by atoms with van der Waals surface area (Å²) in [6.45, 7) is 4.38. The molecule has 27 heavy (non-hydrogen) atoms. The average molecular weight is 371 g/mol. The van der Waals surface area contributed by atoms with Crippen molar-refractivity contribution in [3.63, 3.8) is 0 Å². The summed E-state index contributed by atoms with van der Waals surface area (Å²) in [5.41, 5.74) is 1.86. The van der Waals surface area contributed by atoms with Gasteiger partial charge in [-0.2, -0.15) is 0 Å². The summed E-state index contributed by atoms with van der Waals surface area (Å²) in [5.74, 6) is 0.634. The Bertz CT molecular complexity index is 743. The lowest BCUT2D eigenvalue weighted by Crippen LogP contribution is -2.51. The van der Waals surface area contributed by atoms with Crippen LogP contribution in [-0.4, -0.2) is 55.7 Å². The molecule has 1 saturated heterocycles. The van der Waals surface area contributed by atoms with Crippen molar-refractivity contribution in [2.24, 2.45) is 0 Å². The van der Waals surface area contributed by atoms with Crippen molar-refractivity contribution in [3.8, 4) is 5.75 Å². The number of amides is 2. The van der Waals surface area contributed by atoms with Gasteiger partial charge in [-0.15, -0.1) is 0 Å². The molecule has 2 amide bonds. The number of carbonyl (C=O) groups is 1. The van der Waals surface area contributed by atoms with E-state index in [4.69, 9.17) is 4.74 Å². The molecule has 0 atom stereocenters. The highest BCUT2D eigenvalue weighted by atomic mass is 19.1. The van der Waals surface area contributed by atoms with Crippen LogP contribution >= 0.6 is 0 Å². The maximum Gasteiger partial charge on any atom is 0.317 e. The van der Waals surface area contributed by atoms with E-state index in [-0.39, 0.29) is 11.8 Å². The van der Waals surface area contributed by atoms with Gasteiger partial charge >= 0.3 is 6.03 Å². The summed E-state index contributed by atoms with van der Waals surface area (Å²) < 4.78 is 18.8. The summed E-state index contributed by atoms with van der Waals surface area (Å²) in [5, 5.41) is 2.89. The number of urea groups is 1. The molecule has 1 aliphatic rings. The number of benzene rings is 2. The van der Waals surface area contributed by atoms with Crippen LogP contribution in [0.4, 0.5) is 9.18 Å². The lowest BCUT2D eigenvalue weighted by Gasteiger charge is -2.34. The van der Waals surface area contributed by atoms with E-state index in [1.54, 1.807) is 19.2 Å². The predicted molar refractivity (Wildman–Crippen MR) is 103 cm³/mol. The largest absolute Gasteiger partial charge is 0.497 e. The van der Waals surface area contributed by atoms with Crippen LogP contribution in [0.25, 0.3) is 0 Å². The van der Waals surface area contributed by atoms with Crippen LogP contribution in [0, 0.1) is 5.82 Å². The quantitative estimate of drug-likeness (QED) is 0.849. The third kappa shape index (κ3) is 5.44. The zero-order chi connectivity index (χ0) is 19.1. The summed E-state index contributed by atoms with van der Waals surface area (Å²) in [7, 11) is 1.66. The maximum absolute atomic E-state index is 13.6. The fraction of sp³-hybridized carbons (Fsp3) is 0.381. The van der Waals surface area contributed by atoms with E-state index in [1.807, 2.05) is 23.1 Å². The SMILES string of the molecule is COc1ccc(CN2CCN(C(=O)NCCc3ccccc3F)CC2)cc1.